The van der Waals surface area contributed by atoms with Gasteiger partial charge in [0.25, 0.3) is 0 Å². The summed E-state index contributed by atoms with van der Waals surface area (Å²) in [5.74, 6) is -0.211. The maximum absolute atomic E-state index is 12.8. The van der Waals surface area contributed by atoms with E-state index in [9.17, 15) is 4.39 Å². The van der Waals surface area contributed by atoms with Gasteiger partial charge in [0, 0.05) is 14.3 Å². The summed E-state index contributed by atoms with van der Waals surface area (Å²) in [4.78, 5) is 2.19. The third kappa shape index (κ3) is 3.57. The van der Waals surface area contributed by atoms with Crippen molar-refractivity contribution in [1.82, 2.24) is 0 Å². The molecule has 0 atom stereocenters. The summed E-state index contributed by atoms with van der Waals surface area (Å²) in [5, 5.41) is 0. The van der Waals surface area contributed by atoms with Crippen molar-refractivity contribution >= 4 is 27.7 Å². The van der Waals surface area contributed by atoms with Gasteiger partial charge in [0.05, 0.1) is 0 Å². The zero-order valence-electron chi connectivity index (χ0n) is 9.70. The highest BCUT2D eigenvalue weighted by Crippen LogP contribution is 2.32. The second-order valence-electron chi connectivity index (χ2n) is 3.85. The molecule has 2 rings (SSSR count). The van der Waals surface area contributed by atoms with Crippen molar-refractivity contribution in [2.24, 2.45) is 5.73 Å². The maximum Gasteiger partial charge on any atom is 0.123 e. The standard InChI is InChI=1S/C14H13BrFNS/c15-11-1-6-14(10(9-11)7-8-17)18-13-4-2-12(16)3-5-13/h1-6,9H,7-8,17H2. The average molecular weight is 326 g/mol. The molecule has 0 unspecified atom stereocenters. The van der Waals surface area contributed by atoms with Gasteiger partial charge < -0.3 is 5.73 Å². The van der Waals surface area contributed by atoms with E-state index < -0.39 is 0 Å². The Balaban J connectivity index is 2.25. The summed E-state index contributed by atoms with van der Waals surface area (Å²) >= 11 is 5.09. The van der Waals surface area contributed by atoms with Crippen LogP contribution in [0.2, 0.25) is 0 Å². The van der Waals surface area contributed by atoms with Crippen LogP contribution in [-0.4, -0.2) is 6.54 Å². The predicted octanol–water partition coefficient (Wildman–Crippen LogP) is 4.24. The molecule has 0 radical (unpaired) electrons. The first-order valence-corrected chi connectivity index (χ1v) is 7.22. The number of hydrogen-bond donors (Lipinski definition) is 1. The van der Waals surface area contributed by atoms with Crippen molar-refractivity contribution in [1.29, 1.82) is 0 Å². The Morgan fingerprint density at radius 1 is 1.11 bits per heavy atom. The molecule has 0 saturated carbocycles. The number of halogens is 2. The minimum absolute atomic E-state index is 0.211. The summed E-state index contributed by atoms with van der Waals surface area (Å²) in [7, 11) is 0. The lowest BCUT2D eigenvalue weighted by Gasteiger charge is -2.09. The summed E-state index contributed by atoms with van der Waals surface area (Å²) in [6.07, 6.45) is 0.836. The molecule has 0 amide bonds. The van der Waals surface area contributed by atoms with E-state index >= 15 is 0 Å². The smallest absolute Gasteiger partial charge is 0.123 e. The van der Waals surface area contributed by atoms with Gasteiger partial charge in [0.2, 0.25) is 0 Å². The van der Waals surface area contributed by atoms with E-state index in [0.29, 0.717) is 6.54 Å². The number of nitrogens with two attached hydrogens (primary N) is 1. The number of benzene rings is 2. The molecule has 0 aliphatic heterocycles. The molecular weight excluding hydrogens is 313 g/mol. The van der Waals surface area contributed by atoms with Gasteiger partial charge in [0.1, 0.15) is 5.82 Å². The largest absolute Gasteiger partial charge is 0.330 e. The van der Waals surface area contributed by atoms with E-state index in [2.05, 4.69) is 28.1 Å². The highest BCUT2D eigenvalue weighted by Gasteiger charge is 2.05. The zero-order valence-corrected chi connectivity index (χ0v) is 12.1. The van der Waals surface area contributed by atoms with E-state index in [1.165, 1.54) is 17.7 Å². The van der Waals surface area contributed by atoms with Crippen LogP contribution in [-0.2, 0) is 6.42 Å². The summed E-state index contributed by atoms with van der Waals surface area (Å²) in [5.41, 5.74) is 6.83. The minimum atomic E-state index is -0.211. The lowest BCUT2D eigenvalue weighted by molar-refractivity contribution is 0.626. The SMILES string of the molecule is NCCc1cc(Br)ccc1Sc1ccc(F)cc1. The van der Waals surface area contributed by atoms with Gasteiger partial charge in [-0.15, -0.1) is 0 Å². The normalized spacial score (nSPS) is 10.6. The molecule has 94 valence electrons. The van der Waals surface area contributed by atoms with Gasteiger partial charge in [-0.05, 0) is 61.0 Å². The molecule has 0 fully saturated rings. The predicted molar refractivity (Wildman–Crippen MR) is 77.4 cm³/mol. The maximum atomic E-state index is 12.8. The first kappa shape index (κ1) is 13.6. The molecule has 0 spiro atoms. The molecule has 0 bridgehead atoms. The van der Waals surface area contributed by atoms with Crippen molar-refractivity contribution in [2.75, 3.05) is 6.54 Å². The van der Waals surface area contributed by atoms with E-state index in [-0.39, 0.29) is 5.82 Å². The molecule has 0 aliphatic rings. The van der Waals surface area contributed by atoms with Crippen LogP contribution in [0.15, 0.2) is 56.7 Å². The fourth-order valence-corrected chi connectivity index (χ4v) is 2.99. The van der Waals surface area contributed by atoms with Crippen molar-refractivity contribution in [3.05, 3.63) is 58.3 Å². The molecule has 4 heteroatoms. The van der Waals surface area contributed by atoms with Crippen LogP contribution in [0.25, 0.3) is 0 Å². The highest BCUT2D eigenvalue weighted by atomic mass is 79.9. The summed E-state index contributed by atoms with van der Waals surface area (Å²) in [6.45, 7) is 0.618. The molecule has 1 nitrogen and oxygen atoms in total. The van der Waals surface area contributed by atoms with Gasteiger partial charge in [-0.1, -0.05) is 27.7 Å². The lowest BCUT2D eigenvalue weighted by Crippen LogP contribution is -2.03. The Kier molecular flexibility index (Phi) is 4.80. The van der Waals surface area contributed by atoms with Crippen LogP contribution in [0.3, 0.4) is 0 Å². The second-order valence-corrected chi connectivity index (χ2v) is 5.88. The van der Waals surface area contributed by atoms with Crippen LogP contribution in [0, 0.1) is 5.82 Å². The van der Waals surface area contributed by atoms with Crippen LogP contribution in [0.4, 0.5) is 4.39 Å². The first-order valence-electron chi connectivity index (χ1n) is 5.61. The van der Waals surface area contributed by atoms with Gasteiger partial charge in [-0.2, -0.15) is 0 Å². The Morgan fingerprint density at radius 3 is 2.50 bits per heavy atom. The molecule has 0 aromatic heterocycles. The van der Waals surface area contributed by atoms with Crippen LogP contribution in [0.1, 0.15) is 5.56 Å². The highest BCUT2D eigenvalue weighted by molar-refractivity contribution is 9.10. The van der Waals surface area contributed by atoms with Crippen LogP contribution < -0.4 is 5.73 Å². The quantitative estimate of drug-likeness (QED) is 0.909. The zero-order chi connectivity index (χ0) is 13.0. The molecular formula is C14H13BrFNS. The summed E-state index contributed by atoms with van der Waals surface area (Å²) in [6, 6.07) is 12.7. The molecule has 2 N–H and O–H groups in total. The van der Waals surface area contributed by atoms with E-state index in [1.807, 2.05) is 6.07 Å². The molecule has 0 aliphatic carbocycles. The lowest BCUT2D eigenvalue weighted by atomic mass is 10.1. The molecule has 0 saturated heterocycles. The topological polar surface area (TPSA) is 26.0 Å². The van der Waals surface area contributed by atoms with Crippen molar-refractivity contribution in [3.8, 4) is 0 Å². The Labute approximate surface area is 119 Å². The van der Waals surface area contributed by atoms with Crippen molar-refractivity contribution < 1.29 is 4.39 Å². The third-order valence-electron chi connectivity index (χ3n) is 2.48. The van der Waals surface area contributed by atoms with Crippen molar-refractivity contribution in [3.63, 3.8) is 0 Å². The van der Waals surface area contributed by atoms with Crippen molar-refractivity contribution in [2.45, 2.75) is 16.2 Å². The Hall–Kier alpha value is -0.840. The number of rotatable bonds is 4. The van der Waals surface area contributed by atoms with E-state index in [4.69, 9.17) is 5.73 Å². The average Bonchev–Trinajstić information content (AvgIpc) is 2.36. The van der Waals surface area contributed by atoms with Gasteiger partial charge in [-0.3, -0.25) is 0 Å². The number of hydrogen-bond acceptors (Lipinski definition) is 2. The van der Waals surface area contributed by atoms with Gasteiger partial charge >= 0.3 is 0 Å². The molecule has 0 heterocycles. The van der Waals surface area contributed by atoms with Crippen LogP contribution in [0.5, 0.6) is 0 Å². The van der Waals surface area contributed by atoms with Gasteiger partial charge in [0.15, 0.2) is 0 Å². The van der Waals surface area contributed by atoms with E-state index in [0.717, 1.165) is 20.7 Å². The monoisotopic (exact) mass is 325 g/mol. The minimum Gasteiger partial charge on any atom is -0.330 e. The first-order chi connectivity index (χ1) is 8.69. The van der Waals surface area contributed by atoms with Gasteiger partial charge in [-0.25, -0.2) is 4.39 Å². The van der Waals surface area contributed by atoms with Crippen LogP contribution >= 0.6 is 27.7 Å². The third-order valence-corrected chi connectivity index (χ3v) is 4.10. The second kappa shape index (κ2) is 6.36. The molecule has 18 heavy (non-hydrogen) atoms. The molecule has 2 aromatic rings. The fraction of sp³-hybridized carbons (Fsp3) is 0.143. The van der Waals surface area contributed by atoms with E-state index in [1.54, 1.807) is 23.9 Å². The molecule has 2 aromatic carbocycles. The Bertz CT molecular complexity index is 528. The Morgan fingerprint density at radius 2 is 1.83 bits per heavy atom. The fourth-order valence-electron chi connectivity index (χ4n) is 1.63. The summed E-state index contributed by atoms with van der Waals surface area (Å²) < 4.78 is 13.9.